The first-order chi connectivity index (χ1) is 12.0. The van der Waals surface area contributed by atoms with Gasteiger partial charge in [-0.25, -0.2) is 9.36 Å². The maximum atomic E-state index is 12.7. The number of benzene rings is 1. The Bertz CT molecular complexity index is 833. The van der Waals surface area contributed by atoms with Crippen LogP contribution in [0.5, 0.6) is 0 Å². The van der Waals surface area contributed by atoms with Crippen LogP contribution in [-0.2, 0) is 22.8 Å². The van der Waals surface area contributed by atoms with Gasteiger partial charge in [0.25, 0.3) is 5.56 Å². The van der Waals surface area contributed by atoms with E-state index < -0.39 is 18.2 Å². The summed E-state index contributed by atoms with van der Waals surface area (Å²) in [6.07, 6.45) is 0.487. The molecule has 2 heterocycles. The lowest BCUT2D eigenvalue weighted by Crippen LogP contribution is -2.42. The zero-order valence-corrected chi connectivity index (χ0v) is 14.3. The Morgan fingerprint density at radius 3 is 2.64 bits per heavy atom. The first-order valence-corrected chi connectivity index (χ1v) is 8.25. The Balaban J connectivity index is 1.81. The largest absolute Gasteiger partial charge is 0.368 e. The van der Waals surface area contributed by atoms with Gasteiger partial charge in [-0.1, -0.05) is 37.3 Å². The van der Waals surface area contributed by atoms with Crippen molar-refractivity contribution < 1.29 is 14.6 Å². The summed E-state index contributed by atoms with van der Waals surface area (Å²) in [6.45, 7) is 3.65. The number of rotatable bonds is 5. The molecule has 2 aromatic rings. The van der Waals surface area contributed by atoms with Crippen LogP contribution < -0.4 is 11.2 Å². The first-order valence-electron chi connectivity index (χ1n) is 8.25. The van der Waals surface area contributed by atoms with Gasteiger partial charge in [0.2, 0.25) is 0 Å². The van der Waals surface area contributed by atoms with Crippen LogP contribution in [0.2, 0.25) is 0 Å². The molecular formula is C18H22N2O5. The fourth-order valence-corrected chi connectivity index (χ4v) is 2.87. The Labute approximate surface area is 145 Å². The van der Waals surface area contributed by atoms with Crippen molar-refractivity contribution in [3.8, 4) is 0 Å². The molecule has 1 aromatic carbocycles. The average molecular weight is 346 g/mol. The van der Waals surface area contributed by atoms with Gasteiger partial charge in [-0.15, -0.1) is 0 Å². The van der Waals surface area contributed by atoms with E-state index in [9.17, 15) is 14.7 Å². The summed E-state index contributed by atoms with van der Waals surface area (Å²) in [5, 5.41) is 9.75. The minimum atomic E-state index is -0.910. The maximum absolute atomic E-state index is 12.7. The molecule has 134 valence electrons. The van der Waals surface area contributed by atoms with Crippen LogP contribution in [-0.4, -0.2) is 20.5 Å². The van der Waals surface area contributed by atoms with Crippen molar-refractivity contribution in [3.63, 3.8) is 0 Å². The van der Waals surface area contributed by atoms with Crippen LogP contribution in [0.25, 0.3) is 0 Å². The quantitative estimate of drug-likeness (QED) is 0.884. The molecule has 1 fully saturated rings. The number of aliphatic hydroxyl groups excluding tert-OH is 1. The molecule has 0 radical (unpaired) electrons. The summed E-state index contributed by atoms with van der Waals surface area (Å²) in [6, 6.07) is 9.52. The van der Waals surface area contributed by atoms with E-state index >= 15 is 0 Å². The molecule has 1 aromatic heterocycles. The zero-order chi connectivity index (χ0) is 18.0. The van der Waals surface area contributed by atoms with E-state index in [1.165, 1.54) is 10.8 Å². The lowest BCUT2D eigenvalue weighted by Gasteiger charge is -2.17. The molecule has 25 heavy (non-hydrogen) atoms. The van der Waals surface area contributed by atoms with Crippen molar-refractivity contribution >= 4 is 0 Å². The summed E-state index contributed by atoms with van der Waals surface area (Å²) >= 11 is 0. The smallest absolute Gasteiger partial charge is 0.335 e. The molecule has 0 saturated carbocycles. The van der Waals surface area contributed by atoms with Crippen LogP contribution in [0.4, 0.5) is 0 Å². The number of nitrogens with zero attached hydrogens (tertiary/aromatic N) is 2. The third-order valence-corrected chi connectivity index (χ3v) is 4.37. The molecule has 0 amide bonds. The molecule has 3 unspecified atom stereocenters. The van der Waals surface area contributed by atoms with Crippen LogP contribution >= 0.6 is 0 Å². The van der Waals surface area contributed by atoms with Crippen LogP contribution in [0.1, 0.15) is 30.7 Å². The summed E-state index contributed by atoms with van der Waals surface area (Å²) in [5.41, 5.74) is 0.482. The van der Waals surface area contributed by atoms with E-state index in [0.29, 0.717) is 18.6 Å². The highest BCUT2D eigenvalue weighted by Crippen LogP contribution is 2.30. The van der Waals surface area contributed by atoms with Crippen molar-refractivity contribution in [1.29, 1.82) is 0 Å². The molecule has 1 aliphatic heterocycles. The van der Waals surface area contributed by atoms with Gasteiger partial charge in [-0.3, -0.25) is 9.36 Å². The van der Waals surface area contributed by atoms with E-state index in [4.69, 9.17) is 9.47 Å². The second kappa shape index (κ2) is 7.35. The lowest BCUT2D eigenvalue weighted by molar-refractivity contribution is -0.126. The van der Waals surface area contributed by atoms with Crippen molar-refractivity contribution in [2.75, 3.05) is 0 Å². The first kappa shape index (κ1) is 17.6. The summed E-state index contributed by atoms with van der Waals surface area (Å²) < 4.78 is 13.4. The number of hydrogen-bond acceptors (Lipinski definition) is 5. The number of aryl methyl sites for hydroxylation is 1. The predicted molar refractivity (Wildman–Crippen MR) is 90.8 cm³/mol. The Kier molecular flexibility index (Phi) is 5.17. The van der Waals surface area contributed by atoms with Gasteiger partial charge in [0.05, 0.1) is 6.61 Å². The van der Waals surface area contributed by atoms with Gasteiger partial charge in [0.15, 0.2) is 6.29 Å². The Morgan fingerprint density at radius 1 is 1.28 bits per heavy atom. The maximum Gasteiger partial charge on any atom is 0.335 e. The van der Waals surface area contributed by atoms with Crippen LogP contribution in [0.15, 0.2) is 46.1 Å². The minimum Gasteiger partial charge on any atom is -0.368 e. The number of aliphatic hydroxyl groups is 1. The molecule has 0 bridgehead atoms. The monoisotopic (exact) mass is 346 g/mol. The van der Waals surface area contributed by atoms with Crippen LogP contribution in [0.3, 0.4) is 0 Å². The predicted octanol–water partition coefficient (Wildman–Crippen LogP) is 1.37. The molecule has 3 atom stereocenters. The normalized spacial score (nSPS) is 23.1. The lowest BCUT2D eigenvalue weighted by atomic mass is 10.1. The summed E-state index contributed by atoms with van der Waals surface area (Å²) in [4.78, 5) is 25.0. The zero-order valence-electron chi connectivity index (χ0n) is 14.3. The van der Waals surface area contributed by atoms with Gasteiger partial charge < -0.3 is 14.6 Å². The van der Waals surface area contributed by atoms with E-state index in [-0.39, 0.29) is 18.2 Å². The molecule has 0 aliphatic carbocycles. The minimum absolute atomic E-state index is 0.0769. The SMILES string of the molecule is Cc1cn(C2CC(C)C(O)O2)c(=O)n(COCc2ccccc2)c1=O. The highest BCUT2D eigenvalue weighted by Gasteiger charge is 2.32. The summed E-state index contributed by atoms with van der Waals surface area (Å²) in [7, 11) is 0. The number of hydrogen-bond donors (Lipinski definition) is 1. The molecule has 7 heteroatoms. The highest BCUT2D eigenvalue weighted by atomic mass is 16.6. The van der Waals surface area contributed by atoms with Gasteiger partial charge in [-0.2, -0.15) is 0 Å². The van der Waals surface area contributed by atoms with Crippen molar-refractivity contribution in [2.24, 2.45) is 5.92 Å². The fraction of sp³-hybridized carbons (Fsp3) is 0.444. The summed E-state index contributed by atoms with van der Waals surface area (Å²) in [5.74, 6) is -0.0769. The van der Waals surface area contributed by atoms with Gasteiger partial charge >= 0.3 is 5.69 Å². The Hall–Kier alpha value is -2.22. The molecule has 1 N–H and O–H groups in total. The third kappa shape index (κ3) is 3.73. The van der Waals surface area contributed by atoms with Gasteiger partial charge in [0, 0.05) is 24.1 Å². The van der Waals surface area contributed by atoms with Gasteiger partial charge in [0.1, 0.15) is 13.0 Å². The molecule has 7 nitrogen and oxygen atoms in total. The molecular weight excluding hydrogens is 324 g/mol. The second-order valence-electron chi connectivity index (χ2n) is 6.39. The topological polar surface area (TPSA) is 82.7 Å². The molecule has 1 saturated heterocycles. The molecule has 0 spiro atoms. The average Bonchev–Trinajstić information content (AvgIpc) is 2.94. The fourth-order valence-electron chi connectivity index (χ4n) is 2.87. The number of aromatic nitrogens is 2. The molecule has 3 rings (SSSR count). The standard InChI is InChI=1S/C18H22N2O5/c1-12-8-15(25-17(12)22)19-9-13(2)16(21)20(18(19)23)11-24-10-14-6-4-3-5-7-14/h3-7,9,12,15,17,22H,8,10-11H2,1-2H3. The van der Waals surface area contributed by atoms with Gasteiger partial charge in [-0.05, 0) is 12.5 Å². The van der Waals surface area contributed by atoms with E-state index in [0.717, 1.165) is 10.1 Å². The molecule has 1 aliphatic rings. The third-order valence-electron chi connectivity index (χ3n) is 4.37. The van der Waals surface area contributed by atoms with E-state index in [2.05, 4.69) is 0 Å². The van der Waals surface area contributed by atoms with Crippen molar-refractivity contribution in [2.45, 2.75) is 46.1 Å². The number of ether oxygens (including phenoxy) is 2. The van der Waals surface area contributed by atoms with Crippen molar-refractivity contribution in [3.05, 3.63) is 68.5 Å². The van der Waals surface area contributed by atoms with E-state index in [1.54, 1.807) is 6.92 Å². The Morgan fingerprint density at radius 2 is 2.00 bits per heavy atom. The van der Waals surface area contributed by atoms with Crippen LogP contribution in [0, 0.1) is 12.8 Å². The second-order valence-corrected chi connectivity index (χ2v) is 6.39. The van der Waals surface area contributed by atoms with E-state index in [1.807, 2.05) is 37.3 Å². The highest BCUT2D eigenvalue weighted by molar-refractivity contribution is 5.13. The van der Waals surface area contributed by atoms with Crippen molar-refractivity contribution in [1.82, 2.24) is 9.13 Å².